The molecule has 0 aliphatic carbocycles. The van der Waals surface area contributed by atoms with Gasteiger partial charge in [-0.3, -0.25) is 4.79 Å². The van der Waals surface area contributed by atoms with E-state index in [2.05, 4.69) is 31.5 Å². The van der Waals surface area contributed by atoms with Gasteiger partial charge in [0, 0.05) is 12.7 Å². The monoisotopic (exact) mass is 283 g/mol. The van der Waals surface area contributed by atoms with Crippen LogP contribution in [0.3, 0.4) is 0 Å². The van der Waals surface area contributed by atoms with Crippen LogP contribution in [-0.4, -0.2) is 24.0 Å². The number of carbonyl (C=O) groups excluding carboxylic acids is 1. The molecule has 16 heavy (non-hydrogen) atoms. The molecule has 1 fully saturated rings. The van der Waals surface area contributed by atoms with E-state index in [4.69, 9.17) is 0 Å². The predicted molar refractivity (Wildman–Crippen MR) is 66.2 cm³/mol. The number of halogens is 1. The second-order valence-electron chi connectivity index (χ2n) is 3.87. The van der Waals surface area contributed by atoms with Crippen LogP contribution in [0.25, 0.3) is 0 Å². The van der Waals surface area contributed by atoms with Crippen LogP contribution < -0.4 is 10.6 Å². The van der Waals surface area contributed by atoms with Crippen LogP contribution in [0.5, 0.6) is 0 Å². The average molecular weight is 284 g/mol. The summed E-state index contributed by atoms with van der Waals surface area (Å²) in [5.74, 6) is 0.141. The van der Waals surface area contributed by atoms with E-state index in [0.717, 1.165) is 31.6 Å². The molecule has 0 spiro atoms. The number of hydrogen-bond acceptors (Lipinski definition) is 3. The quantitative estimate of drug-likeness (QED) is 0.814. The van der Waals surface area contributed by atoms with Gasteiger partial charge in [0.1, 0.15) is 4.60 Å². The number of hydrogen-bond donors (Lipinski definition) is 2. The molecule has 2 heterocycles. The van der Waals surface area contributed by atoms with Crippen LogP contribution >= 0.6 is 15.9 Å². The summed E-state index contributed by atoms with van der Waals surface area (Å²) in [6.07, 6.45) is 3.70. The molecule has 1 aliphatic rings. The van der Waals surface area contributed by atoms with E-state index in [0.29, 0.717) is 4.60 Å². The highest BCUT2D eigenvalue weighted by Gasteiger charge is 2.21. The molecule has 0 radical (unpaired) electrons. The van der Waals surface area contributed by atoms with E-state index in [1.54, 1.807) is 12.3 Å². The van der Waals surface area contributed by atoms with Gasteiger partial charge in [0.2, 0.25) is 5.91 Å². The van der Waals surface area contributed by atoms with Crippen LogP contribution in [0.2, 0.25) is 0 Å². The van der Waals surface area contributed by atoms with Gasteiger partial charge in [-0.05, 0) is 47.4 Å². The maximum atomic E-state index is 11.9. The highest BCUT2D eigenvalue weighted by Crippen LogP contribution is 2.20. The molecule has 0 saturated carbocycles. The number of piperidine rings is 1. The number of pyridine rings is 1. The maximum absolute atomic E-state index is 11.9. The molecule has 0 bridgehead atoms. The Kier molecular flexibility index (Phi) is 3.90. The number of nitrogens with zero attached hydrogens (tertiary/aromatic N) is 1. The molecule has 1 saturated heterocycles. The Labute approximate surface area is 103 Å². The minimum absolute atomic E-state index is 0.0702. The van der Waals surface area contributed by atoms with E-state index >= 15 is 0 Å². The van der Waals surface area contributed by atoms with Crippen molar-refractivity contribution in [3.63, 3.8) is 0 Å². The first-order valence-electron chi connectivity index (χ1n) is 5.39. The maximum Gasteiger partial charge on any atom is 0.228 e. The number of aromatic nitrogens is 1. The fourth-order valence-electron chi connectivity index (χ4n) is 1.79. The second kappa shape index (κ2) is 5.41. The van der Waals surface area contributed by atoms with Gasteiger partial charge in [-0.2, -0.15) is 0 Å². The van der Waals surface area contributed by atoms with Gasteiger partial charge in [-0.15, -0.1) is 0 Å². The third-order valence-electron chi connectivity index (χ3n) is 2.68. The van der Waals surface area contributed by atoms with Crippen molar-refractivity contribution >= 4 is 27.5 Å². The van der Waals surface area contributed by atoms with Crippen LogP contribution in [0.1, 0.15) is 12.8 Å². The molecule has 4 nitrogen and oxygen atoms in total. The van der Waals surface area contributed by atoms with Gasteiger partial charge in [-0.25, -0.2) is 4.98 Å². The van der Waals surface area contributed by atoms with E-state index in [-0.39, 0.29) is 11.8 Å². The summed E-state index contributed by atoms with van der Waals surface area (Å²) in [6, 6.07) is 3.64. The Morgan fingerprint density at radius 1 is 1.62 bits per heavy atom. The molecule has 1 aromatic rings. The number of rotatable bonds is 2. The summed E-state index contributed by atoms with van der Waals surface area (Å²) >= 11 is 3.31. The van der Waals surface area contributed by atoms with Gasteiger partial charge in [0.25, 0.3) is 0 Å². The highest BCUT2D eigenvalue weighted by atomic mass is 79.9. The summed E-state index contributed by atoms with van der Waals surface area (Å²) in [4.78, 5) is 16.0. The Balaban J connectivity index is 1.99. The summed E-state index contributed by atoms with van der Waals surface area (Å²) < 4.78 is 0.673. The molecule has 1 atom stereocenters. The molecule has 0 aromatic carbocycles. The molecule has 86 valence electrons. The summed E-state index contributed by atoms with van der Waals surface area (Å²) in [5, 5.41) is 6.12. The first-order chi connectivity index (χ1) is 7.77. The van der Waals surface area contributed by atoms with Crippen LogP contribution in [0.15, 0.2) is 22.9 Å². The van der Waals surface area contributed by atoms with Gasteiger partial charge in [0.15, 0.2) is 0 Å². The summed E-state index contributed by atoms with van der Waals surface area (Å²) in [5.41, 5.74) is 0.734. The minimum Gasteiger partial charge on any atom is -0.323 e. The Morgan fingerprint density at radius 3 is 3.19 bits per heavy atom. The number of nitrogens with one attached hydrogen (secondary N) is 2. The van der Waals surface area contributed by atoms with Gasteiger partial charge in [-0.1, -0.05) is 0 Å². The number of carbonyl (C=O) groups is 1. The fraction of sp³-hybridized carbons (Fsp3) is 0.455. The molecule has 2 rings (SSSR count). The van der Waals surface area contributed by atoms with Crippen molar-refractivity contribution < 1.29 is 4.79 Å². The van der Waals surface area contributed by atoms with E-state index < -0.39 is 0 Å². The smallest absolute Gasteiger partial charge is 0.228 e. The molecule has 5 heteroatoms. The number of anilines is 1. The zero-order chi connectivity index (χ0) is 11.4. The van der Waals surface area contributed by atoms with Gasteiger partial charge in [0.05, 0.1) is 11.6 Å². The van der Waals surface area contributed by atoms with Crippen molar-refractivity contribution in [1.82, 2.24) is 10.3 Å². The van der Waals surface area contributed by atoms with Gasteiger partial charge < -0.3 is 10.6 Å². The van der Waals surface area contributed by atoms with Crippen molar-refractivity contribution in [2.75, 3.05) is 18.4 Å². The van der Waals surface area contributed by atoms with Gasteiger partial charge >= 0.3 is 0 Å². The van der Waals surface area contributed by atoms with Crippen molar-refractivity contribution in [1.29, 1.82) is 0 Å². The number of amides is 1. The molecule has 1 aromatic heterocycles. The average Bonchev–Trinajstić information content (AvgIpc) is 2.33. The SMILES string of the molecule is O=C(Nc1cccnc1Br)[C@H]1CCCNC1. The first-order valence-corrected chi connectivity index (χ1v) is 6.19. The summed E-state index contributed by atoms with van der Waals surface area (Å²) in [6.45, 7) is 1.78. The van der Waals surface area contributed by atoms with E-state index in [1.807, 2.05) is 6.07 Å². The van der Waals surface area contributed by atoms with Crippen LogP contribution in [0, 0.1) is 5.92 Å². The Morgan fingerprint density at radius 2 is 2.50 bits per heavy atom. The molecule has 0 unspecified atom stereocenters. The standard InChI is InChI=1S/C11H14BrN3O/c12-10-9(4-2-6-14-10)15-11(16)8-3-1-5-13-7-8/h2,4,6,8,13H,1,3,5,7H2,(H,15,16)/t8-/m0/s1. The lowest BCUT2D eigenvalue weighted by molar-refractivity contribution is -0.120. The topological polar surface area (TPSA) is 54.0 Å². The van der Waals surface area contributed by atoms with Crippen LogP contribution in [0.4, 0.5) is 5.69 Å². The van der Waals surface area contributed by atoms with Crippen molar-refractivity contribution in [2.45, 2.75) is 12.8 Å². The molecule has 1 aliphatic heterocycles. The lowest BCUT2D eigenvalue weighted by Gasteiger charge is -2.21. The van der Waals surface area contributed by atoms with Crippen molar-refractivity contribution in [3.8, 4) is 0 Å². The lowest BCUT2D eigenvalue weighted by Crippen LogP contribution is -2.37. The molecular formula is C11H14BrN3O. The van der Waals surface area contributed by atoms with E-state index in [1.165, 1.54) is 0 Å². The normalized spacial score (nSPS) is 20.4. The third kappa shape index (κ3) is 2.80. The lowest BCUT2D eigenvalue weighted by atomic mass is 9.99. The van der Waals surface area contributed by atoms with Crippen molar-refractivity contribution in [3.05, 3.63) is 22.9 Å². The van der Waals surface area contributed by atoms with E-state index in [9.17, 15) is 4.79 Å². The molecule has 1 amide bonds. The second-order valence-corrected chi connectivity index (χ2v) is 4.63. The first kappa shape index (κ1) is 11.5. The fourth-order valence-corrected chi connectivity index (χ4v) is 2.14. The molecule has 2 N–H and O–H groups in total. The Hall–Kier alpha value is -0.940. The zero-order valence-electron chi connectivity index (χ0n) is 8.87. The Bertz CT molecular complexity index is 377. The predicted octanol–water partition coefficient (Wildman–Crippen LogP) is 1.78. The third-order valence-corrected chi connectivity index (χ3v) is 3.32. The minimum atomic E-state index is 0.0702. The van der Waals surface area contributed by atoms with Crippen LogP contribution in [-0.2, 0) is 4.79 Å². The highest BCUT2D eigenvalue weighted by molar-refractivity contribution is 9.10. The summed E-state index contributed by atoms with van der Waals surface area (Å²) in [7, 11) is 0. The zero-order valence-corrected chi connectivity index (χ0v) is 10.5. The largest absolute Gasteiger partial charge is 0.323 e. The van der Waals surface area contributed by atoms with Crippen molar-refractivity contribution in [2.24, 2.45) is 5.92 Å². The molecular weight excluding hydrogens is 270 g/mol.